The zero-order valence-electron chi connectivity index (χ0n) is 14.0. The van der Waals surface area contributed by atoms with Crippen LogP contribution in [0.15, 0.2) is 71.3 Å². The smallest absolute Gasteiger partial charge is 0.0339 e. The van der Waals surface area contributed by atoms with E-state index in [9.17, 15) is 0 Å². The minimum absolute atomic E-state index is 0.345. The largest absolute Gasteiger partial charge is 0.0760 e. The molecule has 0 saturated heterocycles. The second-order valence-corrected chi connectivity index (χ2v) is 6.53. The van der Waals surface area contributed by atoms with Crippen molar-refractivity contribution in [1.29, 1.82) is 0 Å². The first-order chi connectivity index (χ1) is 10.6. The van der Waals surface area contributed by atoms with E-state index < -0.39 is 0 Å². The molecule has 0 spiro atoms. The molecule has 0 unspecified atom stereocenters. The topological polar surface area (TPSA) is 0 Å². The van der Waals surface area contributed by atoms with E-state index in [1.54, 1.807) is 0 Å². The number of rotatable bonds is 3. The summed E-state index contributed by atoms with van der Waals surface area (Å²) in [6.45, 7) is 8.87. The summed E-state index contributed by atoms with van der Waals surface area (Å²) in [4.78, 5) is 0. The van der Waals surface area contributed by atoms with E-state index in [-0.39, 0.29) is 0 Å². The van der Waals surface area contributed by atoms with Crippen LogP contribution in [0.3, 0.4) is 0 Å². The first-order valence-electron chi connectivity index (χ1n) is 8.06. The summed E-state index contributed by atoms with van der Waals surface area (Å²) < 4.78 is 0. The van der Waals surface area contributed by atoms with Gasteiger partial charge in [0.05, 0.1) is 0 Å². The summed E-state index contributed by atoms with van der Waals surface area (Å²) in [5.74, 6) is 0.345. The molecule has 0 saturated carbocycles. The van der Waals surface area contributed by atoms with E-state index in [0.29, 0.717) is 5.92 Å². The molecular formula is C22H24. The van der Waals surface area contributed by atoms with E-state index in [2.05, 4.69) is 82.3 Å². The van der Waals surface area contributed by atoms with Gasteiger partial charge < -0.3 is 0 Å². The molecule has 0 amide bonds. The summed E-state index contributed by atoms with van der Waals surface area (Å²) in [6, 6.07) is 17.9. The van der Waals surface area contributed by atoms with Crippen molar-refractivity contribution < 1.29 is 0 Å². The van der Waals surface area contributed by atoms with Crippen LogP contribution in [0.1, 0.15) is 48.4 Å². The van der Waals surface area contributed by atoms with Gasteiger partial charge in [-0.1, -0.05) is 71.3 Å². The fourth-order valence-corrected chi connectivity index (χ4v) is 3.40. The molecule has 0 fully saturated rings. The lowest BCUT2D eigenvalue weighted by molar-refractivity contribution is 0.952. The Morgan fingerprint density at radius 2 is 1.32 bits per heavy atom. The molecule has 0 radical (unpaired) electrons. The highest BCUT2D eigenvalue weighted by molar-refractivity contribution is 5.53. The van der Waals surface area contributed by atoms with E-state index in [1.165, 1.54) is 39.0 Å². The molecule has 0 heteroatoms. The van der Waals surface area contributed by atoms with Gasteiger partial charge in [0.25, 0.3) is 0 Å². The number of aryl methyl sites for hydroxylation is 2. The predicted molar refractivity (Wildman–Crippen MR) is 95.3 cm³/mol. The molecule has 2 aromatic carbocycles. The molecule has 0 aliphatic heterocycles. The quantitative estimate of drug-likeness (QED) is 0.640. The van der Waals surface area contributed by atoms with Crippen molar-refractivity contribution >= 4 is 0 Å². The molecule has 0 aromatic heterocycles. The Morgan fingerprint density at radius 3 is 1.73 bits per heavy atom. The van der Waals surface area contributed by atoms with Crippen molar-refractivity contribution in [2.75, 3.05) is 0 Å². The van der Waals surface area contributed by atoms with Crippen LogP contribution in [0.25, 0.3) is 0 Å². The van der Waals surface area contributed by atoms with Crippen LogP contribution < -0.4 is 0 Å². The average molecular weight is 288 g/mol. The van der Waals surface area contributed by atoms with E-state index in [1.807, 2.05) is 0 Å². The SMILES string of the molecule is CC1=C(C)C(C(c2cccc(C)c2)c2cccc(C)c2)=CC1. The maximum absolute atomic E-state index is 2.42. The normalized spacial score (nSPS) is 14.7. The van der Waals surface area contributed by atoms with Crippen molar-refractivity contribution in [2.45, 2.75) is 40.0 Å². The van der Waals surface area contributed by atoms with E-state index in [0.717, 1.165) is 6.42 Å². The minimum atomic E-state index is 0.345. The van der Waals surface area contributed by atoms with Crippen LogP contribution in [0.4, 0.5) is 0 Å². The number of allylic oxidation sites excluding steroid dienone is 4. The summed E-state index contributed by atoms with van der Waals surface area (Å²) in [7, 11) is 0. The first kappa shape index (κ1) is 14.8. The third-order valence-corrected chi connectivity index (χ3v) is 4.76. The van der Waals surface area contributed by atoms with Gasteiger partial charge in [-0.25, -0.2) is 0 Å². The van der Waals surface area contributed by atoms with Crippen LogP contribution in [-0.4, -0.2) is 0 Å². The fraction of sp³-hybridized carbons (Fsp3) is 0.273. The summed E-state index contributed by atoms with van der Waals surface area (Å²) >= 11 is 0. The van der Waals surface area contributed by atoms with Crippen molar-refractivity contribution in [3.8, 4) is 0 Å². The van der Waals surface area contributed by atoms with Crippen LogP contribution in [0.5, 0.6) is 0 Å². The van der Waals surface area contributed by atoms with Crippen LogP contribution in [0.2, 0.25) is 0 Å². The molecule has 22 heavy (non-hydrogen) atoms. The van der Waals surface area contributed by atoms with Gasteiger partial charge in [0.2, 0.25) is 0 Å². The average Bonchev–Trinajstić information content (AvgIpc) is 2.80. The Balaban J connectivity index is 2.15. The Hall–Kier alpha value is -2.08. The van der Waals surface area contributed by atoms with Crippen molar-refractivity contribution in [1.82, 2.24) is 0 Å². The highest BCUT2D eigenvalue weighted by Gasteiger charge is 2.23. The molecule has 2 aromatic rings. The maximum atomic E-state index is 2.42. The summed E-state index contributed by atoms with van der Waals surface area (Å²) in [5, 5.41) is 0. The summed E-state index contributed by atoms with van der Waals surface area (Å²) in [5.41, 5.74) is 9.89. The zero-order valence-corrected chi connectivity index (χ0v) is 14.0. The maximum Gasteiger partial charge on any atom is 0.0339 e. The second kappa shape index (κ2) is 5.96. The molecule has 112 valence electrons. The highest BCUT2D eigenvalue weighted by atomic mass is 14.3. The van der Waals surface area contributed by atoms with Gasteiger partial charge in [-0.2, -0.15) is 0 Å². The lowest BCUT2D eigenvalue weighted by atomic mass is 9.81. The zero-order chi connectivity index (χ0) is 15.7. The van der Waals surface area contributed by atoms with Crippen molar-refractivity contribution in [3.05, 3.63) is 93.6 Å². The third kappa shape index (κ3) is 2.78. The Labute approximate surface area is 134 Å². The van der Waals surface area contributed by atoms with Gasteiger partial charge in [-0.05, 0) is 56.4 Å². The fourth-order valence-electron chi connectivity index (χ4n) is 3.40. The second-order valence-electron chi connectivity index (χ2n) is 6.53. The van der Waals surface area contributed by atoms with Crippen LogP contribution in [-0.2, 0) is 0 Å². The predicted octanol–water partition coefficient (Wildman–Crippen LogP) is 6.10. The molecule has 1 aliphatic rings. The standard InChI is InChI=1S/C22H24/c1-15-7-5-9-19(13-15)22(20-10-6-8-16(2)14-20)21-12-11-17(3)18(21)4/h5-10,12-14,22H,11H2,1-4H3. The molecule has 0 bridgehead atoms. The molecule has 0 heterocycles. The first-order valence-corrected chi connectivity index (χ1v) is 8.06. The molecule has 3 rings (SSSR count). The molecule has 1 aliphatic carbocycles. The molecule has 0 N–H and O–H groups in total. The van der Waals surface area contributed by atoms with Gasteiger partial charge in [0.1, 0.15) is 0 Å². The number of benzene rings is 2. The molecule has 0 atom stereocenters. The monoisotopic (exact) mass is 288 g/mol. The van der Waals surface area contributed by atoms with Crippen molar-refractivity contribution in [2.24, 2.45) is 0 Å². The van der Waals surface area contributed by atoms with Gasteiger partial charge in [-0.3, -0.25) is 0 Å². The Kier molecular flexibility index (Phi) is 4.02. The molecular weight excluding hydrogens is 264 g/mol. The Morgan fingerprint density at radius 1 is 0.773 bits per heavy atom. The Bertz CT molecular complexity index is 714. The third-order valence-electron chi connectivity index (χ3n) is 4.76. The van der Waals surface area contributed by atoms with Gasteiger partial charge in [-0.15, -0.1) is 0 Å². The van der Waals surface area contributed by atoms with Crippen molar-refractivity contribution in [3.63, 3.8) is 0 Å². The minimum Gasteiger partial charge on any atom is -0.0760 e. The highest BCUT2D eigenvalue weighted by Crippen LogP contribution is 2.40. The number of hydrogen-bond acceptors (Lipinski definition) is 0. The van der Waals surface area contributed by atoms with Gasteiger partial charge in [0, 0.05) is 5.92 Å². The van der Waals surface area contributed by atoms with E-state index in [4.69, 9.17) is 0 Å². The number of hydrogen-bond donors (Lipinski definition) is 0. The van der Waals surface area contributed by atoms with E-state index >= 15 is 0 Å². The van der Waals surface area contributed by atoms with Crippen LogP contribution >= 0.6 is 0 Å². The van der Waals surface area contributed by atoms with Gasteiger partial charge in [0.15, 0.2) is 0 Å². The van der Waals surface area contributed by atoms with Crippen LogP contribution in [0, 0.1) is 13.8 Å². The lowest BCUT2D eigenvalue weighted by Gasteiger charge is -2.22. The summed E-state index contributed by atoms with van der Waals surface area (Å²) in [6.07, 6.45) is 3.51. The molecule has 0 nitrogen and oxygen atoms in total. The lowest BCUT2D eigenvalue weighted by Crippen LogP contribution is -2.06. The van der Waals surface area contributed by atoms with Gasteiger partial charge >= 0.3 is 0 Å².